The molecule has 0 amide bonds. The predicted molar refractivity (Wildman–Crippen MR) is 60.0 cm³/mol. The van der Waals surface area contributed by atoms with Gasteiger partial charge in [0.15, 0.2) is 0 Å². The molecular weight excluding hydrogens is 194 g/mol. The quantitative estimate of drug-likeness (QED) is 0.701. The second kappa shape index (κ2) is 6.08. The highest BCUT2D eigenvalue weighted by atomic mass is 16.5. The van der Waals surface area contributed by atoms with Gasteiger partial charge < -0.3 is 14.7 Å². The first-order valence-electron chi connectivity index (χ1n) is 5.25. The van der Waals surface area contributed by atoms with Gasteiger partial charge in [-0.15, -0.1) is 0 Å². The fourth-order valence-corrected chi connectivity index (χ4v) is 1.20. The van der Waals surface area contributed by atoms with Crippen molar-refractivity contribution in [2.45, 2.75) is 32.8 Å². The lowest BCUT2D eigenvalue weighted by molar-refractivity contribution is -0.141. The number of hydrogen-bond acceptors (Lipinski definition) is 3. The van der Waals surface area contributed by atoms with Crippen LogP contribution in [-0.2, 0) is 9.53 Å². The van der Waals surface area contributed by atoms with Crippen molar-refractivity contribution in [3.05, 3.63) is 0 Å². The average Bonchev–Trinajstić information content (AvgIpc) is 2.15. The van der Waals surface area contributed by atoms with E-state index in [1.54, 1.807) is 14.0 Å². The Morgan fingerprint density at radius 3 is 2.47 bits per heavy atom. The van der Waals surface area contributed by atoms with E-state index in [1.165, 1.54) is 0 Å². The maximum Gasteiger partial charge on any atom is 0.307 e. The molecule has 0 rings (SSSR count). The zero-order valence-electron chi connectivity index (χ0n) is 10.4. The lowest BCUT2D eigenvalue weighted by Crippen LogP contribution is -2.34. The number of rotatable bonds is 7. The number of methoxy groups -OCH3 is 1. The van der Waals surface area contributed by atoms with Gasteiger partial charge in [0.25, 0.3) is 0 Å². The first kappa shape index (κ1) is 14.4. The number of nitrogens with zero attached hydrogens (tertiary/aromatic N) is 1. The normalized spacial score (nSPS) is 14.3. The molecule has 15 heavy (non-hydrogen) atoms. The molecule has 0 spiro atoms. The average molecular weight is 217 g/mol. The molecular formula is C11H23NO3. The van der Waals surface area contributed by atoms with Crippen LogP contribution >= 0.6 is 0 Å². The highest BCUT2D eigenvalue weighted by molar-refractivity contribution is 5.69. The van der Waals surface area contributed by atoms with E-state index in [0.29, 0.717) is 6.54 Å². The van der Waals surface area contributed by atoms with Gasteiger partial charge in [0.05, 0.1) is 11.5 Å². The number of carboxylic acids is 1. The molecule has 4 heteroatoms. The number of carbonyl (C=O) groups is 1. The van der Waals surface area contributed by atoms with Crippen molar-refractivity contribution in [1.29, 1.82) is 0 Å². The van der Waals surface area contributed by atoms with Crippen LogP contribution in [0.2, 0.25) is 0 Å². The van der Waals surface area contributed by atoms with Gasteiger partial charge in [-0.3, -0.25) is 4.79 Å². The largest absolute Gasteiger partial charge is 0.481 e. The molecule has 90 valence electrons. The van der Waals surface area contributed by atoms with E-state index >= 15 is 0 Å². The lowest BCUT2D eigenvalue weighted by Gasteiger charge is -2.26. The van der Waals surface area contributed by atoms with E-state index in [-0.39, 0.29) is 11.5 Å². The van der Waals surface area contributed by atoms with Crippen molar-refractivity contribution in [2.75, 3.05) is 27.2 Å². The van der Waals surface area contributed by atoms with Crippen molar-refractivity contribution in [3.8, 4) is 0 Å². The zero-order valence-corrected chi connectivity index (χ0v) is 10.4. The van der Waals surface area contributed by atoms with Crippen LogP contribution in [0.1, 0.15) is 27.2 Å². The number of ether oxygens (including phenoxy) is 1. The molecule has 0 radical (unpaired) electrons. The van der Waals surface area contributed by atoms with Crippen LogP contribution in [0.5, 0.6) is 0 Å². The van der Waals surface area contributed by atoms with E-state index in [0.717, 1.165) is 13.0 Å². The summed E-state index contributed by atoms with van der Waals surface area (Å²) < 4.78 is 5.30. The van der Waals surface area contributed by atoms with Gasteiger partial charge >= 0.3 is 5.97 Å². The second-order valence-corrected chi connectivity index (χ2v) is 4.72. The third-order valence-electron chi connectivity index (χ3n) is 2.66. The van der Waals surface area contributed by atoms with E-state index in [1.807, 2.05) is 25.8 Å². The Kier molecular flexibility index (Phi) is 5.83. The van der Waals surface area contributed by atoms with Gasteiger partial charge in [-0.2, -0.15) is 0 Å². The van der Waals surface area contributed by atoms with Crippen LogP contribution in [0.15, 0.2) is 0 Å². The van der Waals surface area contributed by atoms with Crippen LogP contribution in [-0.4, -0.2) is 48.8 Å². The van der Waals surface area contributed by atoms with Crippen LogP contribution < -0.4 is 0 Å². The number of aliphatic carboxylic acids is 1. The van der Waals surface area contributed by atoms with Crippen LogP contribution in [0.3, 0.4) is 0 Å². The molecule has 0 heterocycles. The predicted octanol–water partition coefficient (Wildman–Crippen LogP) is 1.45. The van der Waals surface area contributed by atoms with Crippen molar-refractivity contribution >= 4 is 5.97 Å². The Morgan fingerprint density at radius 2 is 2.07 bits per heavy atom. The highest BCUT2D eigenvalue weighted by Crippen LogP contribution is 2.13. The zero-order chi connectivity index (χ0) is 12.1. The minimum atomic E-state index is -0.743. The molecule has 0 aliphatic heterocycles. The maximum absolute atomic E-state index is 10.6. The Hall–Kier alpha value is -0.610. The first-order valence-corrected chi connectivity index (χ1v) is 5.25. The smallest absolute Gasteiger partial charge is 0.307 e. The van der Waals surface area contributed by atoms with Gasteiger partial charge in [-0.25, -0.2) is 0 Å². The molecule has 4 nitrogen and oxygen atoms in total. The van der Waals surface area contributed by atoms with Gasteiger partial charge in [0, 0.05) is 20.2 Å². The van der Waals surface area contributed by atoms with Crippen LogP contribution in [0.25, 0.3) is 0 Å². The van der Waals surface area contributed by atoms with E-state index < -0.39 is 5.97 Å². The molecule has 1 N–H and O–H groups in total. The molecule has 1 atom stereocenters. The Balaban J connectivity index is 3.85. The molecule has 0 fully saturated rings. The summed E-state index contributed by atoms with van der Waals surface area (Å²) in [6, 6.07) is 0. The SMILES string of the molecule is COC(C)(C)CCN(C)CC(C)C(=O)O. The summed E-state index contributed by atoms with van der Waals surface area (Å²) in [6.45, 7) is 7.21. The third-order valence-corrected chi connectivity index (χ3v) is 2.66. The topological polar surface area (TPSA) is 49.8 Å². The molecule has 0 saturated heterocycles. The maximum atomic E-state index is 10.6. The molecule has 0 saturated carbocycles. The highest BCUT2D eigenvalue weighted by Gasteiger charge is 2.18. The fourth-order valence-electron chi connectivity index (χ4n) is 1.20. The van der Waals surface area contributed by atoms with E-state index in [4.69, 9.17) is 9.84 Å². The van der Waals surface area contributed by atoms with Crippen molar-refractivity contribution < 1.29 is 14.6 Å². The molecule has 0 aliphatic carbocycles. The minimum absolute atomic E-state index is 0.138. The summed E-state index contributed by atoms with van der Waals surface area (Å²) in [5.74, 6) is -1.06. The van der Waals surface area contributed by atoms with Gasteiger partial charge in [-0.1, -0.05) is 6.92 Å². The molecule has 0 aliphatic rings. The van der Waals surface area contributed by atoms with Gasteiger partial charge in [0.2, 0.25) is 0 Å². The van der Waals surface area contributed by atoms with E-state index in [2.05, 4.69) is 0 Å². The Labute approximate surface area is 92.2 Å². The van der Waals surface area contributed by atoms with Crippen molar-refractivity contribution in [1.82, 2.24) is 4.90 Å². The molecule has 0 aromatic rings. The molecule has 0 aromatic carbocycles. The first-order chi connectivity index (χ1) is 6.78. The van der Waals surface area contributed by atoms with Crippen molar-refractivity contribution in [2.24, 2.45) is 5.92 Å². The summed E-state index contributed by atoms with van der Waals surface area (Å²) in [6.07, 6.45) is 0.895. The van der Waals surface area contributed by atoms with Crippen molar-refractivity contribution in [3.63, 3.8) is 0 Å². The summed E-state index contributed by atoms with van der Waals surface area (Å²) >= 11 is 0. The molecule has 0 bridgehead atoms. The fraction of sp³-hybridized carbons (Fsp3) is 0.909. The Bertz CT molecular complexity index is 204. The lowest BCUT2D eigenvalue weighted by atomic mass is 10.0. The number of carboxylic acid groups (broad SMARTS) is 1. The van der Waals surface area contributed by atoms with Crippen LogP contribution in [0, 0.1) is 5.92 Å². The van der Waals surface area contributed by atoms with Gasteiger partial charge in [0.1, 0.15) is 0 Å². The summed E-state index contributed by atoms with van der Waals surface area (Å²) in [4.78, 5) is 12.7. The number of hydrogen-bond donors (Lipinski definition) is 1. The summed E-state index contributed by atoms with van der Waals surface area (Å²) in [5, 5.41) is 8.75. The standard InChI is InChI=1S/C11H23NO3/c1-9(10(13)14)8-12(4)7-6-11(2,3)15-5/h9H,6-8H2,1-5H3,(H,13,14). The second-order valence-electron chi connectivity index (χ2n) is 4.72. The summed E-state index contributed by atoms with van der Waals surface area (Å²) in [7, 11) is 3.63. The monoisotopic (exact) mass is 217 g/mol. The Morgan fingerprint density at radius 1 is 1.53 bits per heavy atom. The van der Waals surface area contributed by atoms with Crippen LogP contribution in [0.4, 0.5) is 0 Å². The summed E-state index contributed by atoms with van der Waals surface area (Å²) in [5.41, 5.74) is -0.138. The minimum Gasteiger partial charge on any atom is -0.481 e. The van der Waals surface area contributed by atoms with E-state index in [9.17, 15) is 4.79 Å². The molecule has 0 aromatic heterocycles. The van der Waals surface area contributed by atoms with Gasteiger partial charge in [-0.05, 0) is 27.3 Å². The molecule has 1 unspecified atom stereocenters. The third kappa shape index (κ3) is 6.47.